The predicted octanol–water partition coefficient (Wildman–Crippen LogP) is 4.97. The second kappa shape index (κ2) is 6.87. The fourth-order valence-electron chi connectivity index (χ4n) is 2.94. The number of hydrogen-bond donors (Lipinski definition) is 1. The van der Waals surface area contributed by atoms with Crippen LogP contribution in [-0.4, -0.2) is 14.8 Å². The maximum Gasteiger partial charge on any atom is 0.263 e. The molecule has 0 atom stereocenters. The van der Waals surface area contributed by atoms with E-state index in [9.17, 15) is 9.18 Å². The quantitative estimate of drug-likeness (QED) is 0.496. The Kier molecular flexibility index (Phi) is 4.56. The third kappa shape index (κ3) is 3.16. The number of carbonyl (C=O) groups is 1. The highest BCUT2D eigenvalue weighted by molar-refractivity contribution is 8.26. The van der Waals surface area contributed by atoms with E-state index in [1.54, 1.807) is 18.2 Å². The molecule has 2 aromatic carbocycles. The molecule has 0 unspecified atom stereocenters. The summed E-state index contributed by atoms with van der Waals surface area (Å²) < 4.78 is 16.6. The van der Waals surface area contributed by atoms with Crippen LogP contribution in [0.15, 0.2) is 53.6 Å². The van der Waals surface area contributed by atoms with E-state index in [0.717, 1.165) is 16.5 Å². The number of amides is 1. The molecule has 0 aliphatic carbocycles. The summed E-state index contributed by atoms with van der Waals surface area (Å²) in [5.74, 6) is -0.541. The van der Waals surface area contributed by atoms with Gasteiger partial charge in [-0.25, -0.2) is 4.39 Å². The van der Waals surface area contributed by atoms with Crippen LogP contribution in [0.4, 0.5) is 4.39 Å². The van der Waals surface area contributed by atoms with Crippen LogP contribution in [0, 0.1) is 5.82 Å². The van der Waals surface area contributed by atoms with E-state index in [4.69, 9.17) is 23.8 Å². The number of hydrogen-bond acceptors (Lipinski definition) is 3. The Bertz CT molecular complexity index is 1070. The lowest BCUT2D eigenvalue weighted by molar-refractivity contribution is -0.115. The first-order valence-corrected chi connectivity index (χ1v) is 9.39. The zero-order chi connectivity index (χ0) is 18.3. The number of halogens is 2. The van der Waals surface area contributed by atoms with Gasteiger partial charge in [0.2, 0.25) is 0 Å². The summed E-state index contributed by atoms with van der Waals surface area (Å²) in [5, 5.41) is 3.97. The fraction of sp³-hybridized carbons (Fsp3) is 0.0526. The number of rotatable bonds is 3. The van der Waals surface area contributed by atoms with Crippen LogP contribution in [-0.2, 0) is 11.3 Å². The van der Waals surface area contributed by atoms with Crippen molar-refractivity contribution in [3.8, 4) is 0 Å². The molecule has 3 aromatic rings. The third-order valence-corrected chi connectivity index (χ3v) is 5.65. The van der Waals surface area contributed by atoms with Crippen molar-refractivity contribution in [2.75, 3.05) is 0 Å². The van der Waals surface area contributed by atoms with Gasteiger partial charge < -0.3 is 9.88 Å². The van der Waals surface area contributed by atoms with E-state index in [1.165, 1.54) is 17.8 Å². The summed E-state index contributed by atoms with van der Waals surface area (Å²) in [4.78, 5) is 12.5. The van der Waals surface area contributed by atoms with Crippen molar-refractivity contribution in [2.24, 2.45) is 0 Å². The standard InChI is InChI=1S/C19H12ClFN2OS2/c20-14-5-3-6-15(21)13(14)10-23-9-11(12-4-1-2-7-16(12)23)8-17-18(24)22-19(25)26-17/h1-9H,10H2,(H,22,24,25)/b17-8-. The molecule has 1 fully saturated rings. The van der Waals surface area contributed by atoms with Gasteiger partial charge in [-0.2, -0.15) is 0 Å². The Morgan fingerprint density at radius 2 is 2.04 bits per heavy atom. The van der Waals surface area contributed by atoms with E-state index in [0.29, 0.717) is 26.4 Å². The number of para-hydroxylation sites is 1. The van der Waals surface area contributed by atoms with E-state index in [1.807, 2.05) is 35.0 Å². The number of thiocarbonyl (C=S) groups is 1. The molecular formula is C19H12ClFN2OS2. The minimum atomic E-state index is -0.341. The Labute approximate surface area is 163 Å². The molecular weight excluding hydrogens is 391 g/mol. The molecule has 1 saturated heterocycles. The molecule has 26 heavy (non-hydrogen) atoms. The SMILES string of the molecule is O=C1NC(=S)S/C1=C\c1cn(Cc2c(F)cccc2Cl)c2ccccc12. The number of fused-ring (bicyclic) bond motifs is 1. The molecule has 0 spiro atoms. The van der Waals surface area contributed by atoms with Gasteiger partial charge >= 0.3 is 0 Å². The minimum Gasteiger partial charge on any atom is -0.342 e. The van der Waals surface area contributed by atoms with Crippen LogP contribution in [0.3, 0.4) is 0 Å². The molecule has 1 aliphatic rings. The summed E-state index contributed by atoms with van der Waals surface area (Å²) >= 11 is 12.4. The average Bonchev–Trinajstić information content (AvgIpc) is 3.11. The number of aromatic nitrogens is 1. The highest BCUT2D eigenvalue weighted by Crippen LogP contribution is 2.31. The van der Waals surface area contributed by atoms with Gasteiger partial charge in [-0.05, 0) is 24.3 Å². The first-order chi connectivity index (χ1) is 12.5. The van der Waals surface area contributed by atoms with Crippen LogP contribution in [0.2, 0.25) is 5.02 Å². The molecule has 0 radical (unpaired) electrons. The smallest absolute Gasteiger partial charge is 0.263 e. The molecule has 0 saturated carbocycles. The van der Waals surface area contributed by atoms with E-state index >= 15 is 0 Å². The van der Waals surface area contributed by atoms with Crippen molar-refractivity contribution in [3.05, 3.63) is 75.5 Å². The number of thioether (sulfide) groups is 1. The Morgan fingerprint density at radius 1 is 1.23 bits per heavy atom. The minimum absolute atomic E-state index is 0.200. The van der Waals surface area contributed by atoms with Gasteiger partial charge in [-0.15, -0.1) is 0 Å². The summed E-state index contributed by atoms with van der Waals surface area (Å²) in [5.41, 5.74) is 2.24. The highest BCUT2D eigenvalue weighted by atomic mass is 35.5. The topological polar surface area (TPSA) is 34.0 Å². The molecule has 0 bridgehead atoms. The van der Waals surface area contributed by atoms with Gasteiger partial charge in [0.25, 0.3) is 5.91 Å². The van der Waals surface area contributed by atoms with Gasteiger partial charge in [-0.3, -0.25) is 4.79 Å². The lowest BCUT2D eigenvalue weighted by Gasteiger charge is -2.08. The predicted molar refractivity (Wildman–Crippen MR) is 109 cm³/mol. The maximum atomic E-state index is 14.2. The molecule has 1 amide bonds. The number of carbonyl (C=O) groups excluding carboxylic acids is 1. The maximum absolute atomic E-state index is 14.2. The van der Waals surface area contributed by atoms with Gasteiger partial charge in [-0.1, -0.05) is 59.8 Å². The molecule has 1 aliphatic heterocycles. The van der Waals surface area contributed by atoms with Gasteiger partial charge in [0, 0.05) is 33.2 Å². The van der Waals surface area contributed by atoms with E-state index < -0.39 is 0 Å². The van der Waals surface area contributed by atoms with E-state index in [2.05, 4.69) is 5.32 Å². The van der Waals surface area contributed by atoms with Crippen molar-refractivity contribution in [1.82, 2.24) is 9.88 Å². The van der Waals surface area contributed by atoms with Gasteiger partial charge in [0.05, 0.1) is 11.4 Å². The first kappa shape index (κ1) is 17.3. The summed E-state index contributed by atoms with van der Waals surface area (Å²) in [6.45, 7) is 0.299. The molecule has 1 N–H and O–H groups in total. The molecule has 1 aromatic heterocycles. The highest BCUT2D eigenvalue weighted by Gasteiger charge is 2.22. The monoisotopic (exact) mass is 402 g/mol. The van der Waals surface area contributed by atoms with Crippen LogP contribution in [0.25, 0.3) is 17.0 Å². The van der Waals surface area contributed by atoms with Crippen LogP contribution < -0.4 is 5.32 Å². The third-order valence-electron chi connectivity index (χ3n) is 4.14. The molecule has 3 nitrogen and oxygen atoms in total. The fourth-order valence-corrected chi connectivity index (χ4v) is 4.19. The van der Waals surface area contributed by atoms with Crippen molar-refractivity contribution < 1.29 is 9.18 Å². The van der Waals surface area contributed by atoms with Gasteiger partial charge in [0.15, 0.2) is 0 Å². The lowest BCUT2D eigenvalue weighted by atomic mass is 10.1. The second-order valence-corrected chi connectivity index (χ2v) is 7.91. The number of benzene rings is 2. The van der Waals surface area contributed by atoms with Crippen molar-refractivity contribution >= 4 is 62.8 Å². The second-order valence-electron chi connectivity index (χ2n) is 5.78. The normalized spacial score (nSPS) is 15.8. The lowest BCUT2D eigenvalue weighted by Crippen LogP contribution is -2.17. The summed E-state index contributed by atoms with van der Waals surface area (Å²) in [7, 11) is 0. The van der Waals surface area contributed by atoms with Crippen molar-refractivity contribution in [3.63, 3.8) is 0 Å². The summed E-state index contributed by atoms with van der Waals surface area (Å²) in [6.07, 6.45) is 3.71. The molecule has 4 rings (SSSR count). The number of nitrogens with zero attached hydrogens (tertiary/aromatic N) is 1. The van der Waals surface area contributed by atoms with Crippen molar-refractivity contribution in [1.29, 1.82) is 0 Å². The van der Waals surface area contributed by atoms with Crippen LogP contribution in [0.1, 0.15) is 11.1 Å². The Hall–Kier alpha value is -2.15. The zero-order valence-electron chi connectivity index (χ0n) is 13.3. The number of nitrogens with one attached hydrogen (secondary N) is 1. The van der Waals surface area contributed by atoms with Crippen LogP contribution in [0.5, 0.6) is 0 Å². The average molecular weight is 403 g/mol. The molecule has 2 heterocycles. The largest absolute Gasteiger partial charge is 0.342 e. The van der Waals surface area contributed by atoms with Crippen LogP contribution >= 0.6 is 35.6 Å². The Morgan fingerprint density at radius 3 is 2.77 bits per heavy atom. The Balaban J connectivity index is 1.81. The molecule has 130 valence electrons. The van der Waals surface area contributed by atoms with E-state index in [-0.39, 0.29) is 11.7 Å². The first-order valence-electron chi connectivity index (χ1n) is 7.78. The molecule has 7 heteroatoms. The van der Waals surface area contributed by atoms with Gasteiger partial charge in [0.1, 0.15) is 10.1 Å². The zero-order valence-corrected chi connectivity index (χ0v) is 15.7. The van der Waals surface area contributed by atoms with Crippen molar-refractivity contribution in [2.45, 2.75) is 6.54 Å². The summed E-state index contributed by atoms with van der Waals surface area (Å²) in [6, 6.07) is 12.4.